The predicted octanol–water partition coefficient (Wildman–Crippen LogP) is 3.86. The number of halogens is 4. The highest BCUT2D eigenvalue weighted by Gasteiger charge is 2.30. The number of carbonyl (C=O) groups excluding carboxylic acids is 2. The number of nitrogens with zero attached hydrogens (tertiary/aromatic N) is 2. The van der Waals surface area contributed by atoms with Gasteiger partial charge in [-0.1, -0.05) is 24.3 Å². The van der Waals surface area contributed by atoms with E-state index in [1.807, 2.05) is 0 Å². The summed E-state index contributed by atoms with van der Waals surface area (Å²) in [6.07, 6.45) is -4.35. The zero-order valence-electron chi connectivity index (χ0n) is 17.2. The number of rotatable bonds is 7. The number of anilines is 1. The maximum absolute atomic E-state index is 13.5. The van der Waals surface area contributed by atoms with Gasteiger partial charge in [-0.05, 0) is 29.8 Å². The second-order valence-electron chi connectivity index (χ2n) is 7.37. The van der Waals surface area contributed by atoms with Gasteiger partial charge < -0.3 is 10.2 Å². The second-order valence-corrected chi connectivity index (χ2v) is 8.36. The standard InChI is InChI=1S/C22H23F4N3O2S/c23-18-3-1-2-4-19(18)27-20(30)14-32-15-21(31)29-11-9-28(10-12-29)13-16-5-7-17(8-6-16)22(24,25)26/h1-8H,9-15H2,(H,27,30). The Morgan fingerprint density at radius 2 is 1.59 bits per heavy atom. The Labute approximate surface area is 187 Å². The molecule has 0 radical (unpaired) electrons. The SMILES string of the molecule is O=C(CSCC(=O)N1CCN(Cc2ccc(C(F)(F)F)cc2)CC1)Nc1ccccc1F. The van der Waals surface area contributed by atoms with Crippen LogP contribution in [0.5, 0.6) is 0 Å². The fraction of sp³-hybridized carbons (Fsp3) is 0.364. The van der Waals surface area contributed by atoms with Gasteiger partial charge in [0.25, 0.3) is 0 Å². The van der Waals surface area contributed by atoms with Crippen LogP contribution in [0.3, 0.4) is 0 Å². The van der Waals surface area contributed by atoms with Crippen molar-refractivity contribution < 1.29 is 27.2 Å². The van der Waals surface area contributed by atoms with Gasteiger partial charge in [-0.15, -0.1) is 11.8 Å². The van der Waals surface area contributed by atoms with Gasteiger partial charge in [-0.25, -0.2) is 4.39 Å². The Kier molecular flexibility index (Phi) is 8.14. The van der Waals surface area contributed by atoms with Crippen LogP contribution < -0.4 is 5.32 Å². The van der Waals surface area contributed by atoms with E-state index in [1.54, 1.807) is 11.0 Å². The van der Waals surface area contributed by atoms with Crippen molar-refractivity contribution in [1.82, 2.24) is 9.80 Å². The summed E-state index contributed by atoms with van der Waals surface area (Å²) in [6, 6.07) is 11.0. The van der Waals surface area contributed by atoms with Crippen LogP contribution in [0.2, 0.25) is 0 Å². The van der Waals surface area contributed by atoms with Crippen molar-refractivity contribution >= 4 is 29.3 Å². The molecule has 0 aliphatic carbocycles. The molecular formula is C22H23F4N3O2S. The van der Waals surface area contributed by atoms with Crippen molar-refractivity contribution in [3.63, 3.8) is 0 Å². The lowest BCUT2D eigenvalue weighted by molar-refractivity contribution is -0.137. The van der Waals surface area contributed by atoms with Gasteiger partial charge in [0, 0.05) is 32.7 Å². The van der Waals surface area contributed by atoms with Gasteiger partial charge in [0.1, 0.15) is 5.82 Å². The average molecular weight is 470 g/mol. The first-order valence-electron chi connectivity index (χ1n) is 10.0. The highest BCUT2D eigenvalue weighted by atomic mass is 32.2. The first kappa shape index (κ1) is 24.1. The summed E-state index contributed by atoms with van der Waals surface area (Å²) in [7, 11) is 0. The lowest BCUT2D eigenvalue weighted by atomic mass is 10.1. The smallest absolute Gasteiger partial charge is 0.339 e. The molecule has 32 heavy (non-hydrogen) atoms. The van der Waals surface area contributed by atoms with E-state index < -0.39 is 17.6 Å². The van der Waals surface area contributed by atoms with E-state index in [-0.39, 0.29) is 29.0 Å². The molecular weight excluding hydrogens is 446 g/mol. The first-order chi connectivity index (χ1) is 15.2. The number of amides is 2. The minimum Gasteiger partial charge on any atom is -0.339 e. The van der Waals surface area contributed by atoms with E-state index in [0.717, 1.165) is 29.5 Å². The highest BCUT2D eigenvalue weighted by molar-refractivity contribution is 8.00. The van der Waals surface area contributed by atoms with E-state index in [2.05, 4.69) is 10.2 Å². The molecule has 0 spiro atoms. The Morgan fingerprint density at radius 3 is 2.22 bits per heavy atom. The molecule has 1 aliphatic heterocycles. The molecule has 1 heterocycles. The third-order valence-corrected chi connectivity index (χ3v) is 5.94. The molecule has 0 bridgehead atoms. The van der Waals surface area contributed by atoms with Gasteiger partial charge in [-0.2, -0.15) is 13.2 Å². The van der Waals surface area contributed by atoms with Crippen LogP contribution in [0.25, 0.3) is 0 Å². The monoisotopic (exact) mass is 469 g/mol. The number of hydrogen-bond acceptors (Lipinski definition) is 4. The van der Waals surface area contributed by atoms with Crippen molar-refractivity contribution in [3.8, 4) is 0 Å². The largest absolute Gasteiger partial charge is 0.416 e. The Hall–Kier alpha value is -2.59. The van der Waals surface area contributed by atoms with Crippen LogP contribution in [-0.2, 0) is 22.3 Å². The van der Waals surface area contributed by atoms with Gasteiger partial charge in [0.05, 0.1) is 22.8 Å². The number of nitrogens with one attached hydrogen (secondary N) is 1. The lowest BCUT2D eigenvalue weighted by Crippen LogP contribution is -2.48. The molecule has 172 valence electrons. The van der Waals surface area contributed by atoms with Crippen LogP contribution in [0.15, 0.2) is 48.5 Å². The summed E-state index contributed by atoms with van der Waals surface area (Å²) >= 11 is 1.16. The molecule has 3 rings (SSSR count). The first-order valence-corrected chi connectivity index (χ1v) is 11.2. The summed E-state index contributed by atoms with van der Waals surface area (Å²) in [5.74, 6) is -0.800. The summed E-state index contributed by atoms with van der Waals surface area (Å²) in [4.78, 5) is 28.1. The third-order valence-electron chi connectivity index (χ3n) is 5.02. The molecule has 1 fully saturated rings. The minimum atomic E-state index is -4.35. The van der Waals surface area contributed by atoms with Crippen molar-refractivity contribution in [2.45, 2.75) is 12.7 Å². The summed E-state index contributed by atoms with van der Waals surface area (Å²) < 4.78 is 51.5. The zero-order chi connectivity index (χ0) is 23.1. The van der Waals surface area contributed by atoms with Crippen LogP contribution in [0, 0.1) is 5.82 Å². The Bertz CT molecular complexity index is 930. The zero-order valence-corrected chi connectivity index (χ0v) is 18.0. The lowest BCUT2D eigenvalue weighted by Gasteiger charge is -2.34. The number of para-hydroxylation sites is 1. The van der Waals surface area contributed by atoms with Crippen LogP contribution in [0.4, 0.5) is 23.2 Å². The highest BCUT2D eigenvalue weighted by Crippen LogP contribution is 2.29. The molecule has 0 saturated carbocycles. The van der Waals surface area contributed by atoms with E-state index in [0.29, 0.717) is 32.7 Å². The van der Waals surface area contributed by atoms with Gasteiger partial charge in [-0.3, -0.25) is 14.5 Å². The van der Waals surface area contributed by atoms with E-state index in [9.17, 15) is 27.2 Å². The fourth-order valence-corrected chi connectivity index (χ4v) is 4.00. The van der Waals surface area contributed by atoms with E-state index >= 15 is 0 Å². The number of hydrogen-bond donors (Lipinski definition) is 1. The Morgan fingerprint density at radius 1 is 0.938 bits per heavy atom. The molecule has 1 saturated heterocycles. The minimum absolute atomic E-state index is 0.0357. The maximum atomic E-state index is 13.5. The molecule has 0 atom stereocenters. The van der Waals surface area contributed by atoms with Gasteiger partial charge >= 0.3 is 6.18 Å². The molecule has 1 aliphatic rings. The summed E-state index contributed by atoms with van der Waals surface area (Å²) in [6.45, 7) is 2.78. The molecule has 2 aromatic carbocycles. The van der Waals surface area contributed by atoms with Gasteiger partial charge in [0.2, 0.25) is 11.8 Å². The van der Waals surface area contributed by atoms with Crippen molar-refractivity contribution in [3.05, 3.63) is 65.5 Å². The molecule has 2 aromatic rings. The maximum Gasteiger partial charge on any atom is 0.416 e. The summed E-state index contributed by atoms with van der Waals surface area (Å²) in [5, 5.41) is 2.48. The second kappa shape index (κ2) is 10.8. The topological polar surface area (TPSA) is 52.7 Å². The molecule has 5 nitrogen and oxygen atoms in total. The molecule has 10 heteroatoms. The van der Waals surface area contributed by atoms with Crippen LogP contribution >= 0.6 is 11.8 Å². The van der Waals surface area contributed by atoms with Crippen molar-refractivity contribution in [2.24, 2.45) is 0 Å². The average Bonchev–Trinajstić information content (AvgIpc) is 2.75. The summed E-state index contributed by atoms with van der Waals surface area (Å²) in [5.41, 5.74) is 0.222. The third kappa shape index (κ3) is 6.96. The number of piperazine rings is 1. The molecule has 2 amide bonds. The molecule has 1 N–H and O–H groups in total. The predicted molar refractivity (Wildman–Crippen MR) is 116 cm³/mol. The number of carbonyl (C=O) groups is 2. The van der Waals surface area contributed by atoms with Crippen LogP contribution in [-0.4, -0.2) is 59.3 Å². The van der Waals surface area contributed by atoms with E-state index in [4.69, 9.17) is 0 Å². The quantitative estimate of drug-likeness (QED) is 0.626. The van der Waals surface area contributed by atoms with Gasteiger partial charge in [0.15, 0.2) is 0 Å². The molecule has 0 unspecified atom stereocenters. The van der Waals surface area contributed by atoms with E-state index in [1.165, 1.54) is 30.3 Å². The number of alkyl halides is 3. The number of thioether (sulfide) groups is 1. The fourth-order valence-electron chi connectivity index (χ4n) is 3.28. The Balaban J connectivity index is 1.36. The van der Waals surface area contributed by atoms with Crippen molar-refractivity contribution in [2.75, 3.05) is 43.0 Å². The normalized spacial score (nSPS) is 14.9. The van der Waals surface area contributed by atoms with Crippen LogP contribution in [0.1, 0.15) is 11.1 Å². The molecule has 0 aromatic heterocycles. The van der Waals surface area contributed by atoms with Crippen molar-refractivity contribution in [1.29, 1.82) is 0 Å². The number of benzene rings is 2.